The number of phenols is 1. The molecule has 2 aliphatic rings. The fraction of sp³-hybridized carbons (Fsp3) is 0.474. The van der Waals surface area contributed by atoms with Crippen molar-refractivity contribution in [2.75, 3.05) is 35.3 Å². The van der Waals surface area contributed by atoms with Gasteiger partial charge >= 0.3 is 0 Å². The Morgan fingerprint density at radius 3 is 2.80 bits per heavy atom. The molecule has 1 aromatic heterocycles. The maximum Gasteiger partial charge on any atom is 0.229 e. The van der Waals surface area contributed by atoms with Crippen molar-refractivity contribution in [2.45, 2.75) is 38.1 Å². The number of rotatable bonds is 3. The summed E-state index contributed by atoms with van der Waals surface area (Å²) in [6, 6.07) is 7.62. The molecule has 0 amide bonds. The number of nitrogens with one attached hydrogen (secondary N) is 1. The molecule has 4 rings (SSSR count). The summed E-state index contributed by atoms with van der Waals surface area (Å²) in [5, 5.41) is 12.9. The van der Waals surface area contributed by atoms with Crippen LogP contribution in [0.4, 0.5) is 23.1 Å². The zero-order valence-corrected chi connectivity index (χ0v) is 14.6. The van der Waals surface area contributed by atoms with Crippen molar-refractivity contribution in [2.24, 2.45) is 0 Å². The van der Waals surface area contributed by atoms with Crippen LogP contribution >= 0.6 is 0 Å². The third-order valence-corrected chi connectivity index (χ3v) is 5.19. The van der Waals surface area contributed by atoms with Crippen molar-refractivity contribution in [3.8, 4) is 5.75 Å². The van der Waals surface area contributed by atoms with Crippen LogP contribution < -0.4 is 15.1 Å². The molecule has 0 atom stereocenters. The third kappa shape index (κ3) is 3.34. The van der Waals surface area contributed by atoms with Crippen molar-refractivity contribution < 1.29 is 5.11 Å². The first kappa shape index (κ1) is 16.0. The molecule has 1 aromatic carbocycles. The average Bonchev–Trinajstić information content (AvgIpc) is 3.07. The van der Waals surface area contributed by atoms with Gasteiger partial charge in [0, 0.05) is 37.9 Å². The van der Waals surface area contributed by atoms with Crippen molar-refractivity contribution in [1.82, 2.24) is 9.97 Å². The summed E-state index contributed by atoms with van der Waals surface area (Å²) in [5.41, 5.74) is 1.89. The number of nitrogens with zero attached hydrogens (tertiary/aromatic N) is 4. The SMILES string of the molecule is CN1CCCN(C2CCCC2)c2nc(Nc3cccc(O)c3)ncc21. The zero-order valence-electron chi connectivity index (χ0n) is 14.6. The van der Waals surface area contributed by atoms with Gasteiger partial charge in [-0.05, 0) is 31.4 Å². The van der Waals surface area contributed by atoms with Gasteiger partial charge in [0.25, 0.3) is 0 Å². The molecule has 0 radical (unpaired) electrons. The van der Waals surface area contributed by atoms with E-state index in [4.69, 9.17) is 4.98 Å². The van der Waals surface area contributed by atoms with Crippen molar-refractivity contribution >= 4 is 23.1 Å². The zero-order chi connectivity index (χ0) is 17.2. The predicted molar refractivity (Wildman–Crippen MR) is 101 cm³/mol. The molecule has 132 valence electrons. The Morgan fingerprint density at radius 2 is 2.00 bits per heavy atom. The van der Waals surface area contributed by atoms with Crippen LogP contribution in [0.5, 0.6) is 5.75 Å². The molecule has 0 bridgehead atoms. The van der Waals surface area contributed by atoms with E-state index in [1.807, 2.05) is 12.3 Å². The number of hydrogen-bond acceptors (Lipinski definition) is 6. The van der Waals surface area contributed by atoms with Crippen LogP contribution in [0.3, 0.4) is 0 Å². The lowest BCUT2D eigenvalue weighted by atomic mass is 10.2. The highest BCUT2D eigenvalue weighted by Gasteiger charge is 2.28. The van der Waals surface area contributed by atoms with Crippen LogP contribution in [0.1, 0.15) is 32.1 Å². The molecule has 0 spiro atoms. The number of fused-ring (bicyclic) bond motifs is 1. The van der Waals surface area contributed by atoms with Gasteiger partial charge in [-0.15, -0.1) is 0 Å². The molecule has 1 aliphatic heterocycles. The minimum atomic E-state index is 0.229. The second-order valence-electron chi connectivity index (χ2n) is 6.98. The van der Waals surface area contributed by atoms with Crippen LogP contribution in [-0.2, 0) is 0 Å². The van der Waals surface area contributed by atoms with Gasteiger partial charge in [0.2, 0.25) is 5.95 Å². The van der Waals surface area contributed by atoms with E-state index >= 15 is 0 Å². The summed E-state index contributed by atoms with van der Waals surface area (Å²) < 4.78 is 0. The minimum Gasteiger partial charge on any atom is -0.508 e. The van der Waals surface area contributed by atoms with Crippen LogP contribution in [-0.4, -0.2) is 41.3 Å². The summed E-state index contributed by atoms with van der Waals surface area (Å²) in [6.07, 6.45) is 8.18. The Balaban J connectivity index is 1.67. The molecule has 1 aliphatic carbocycles. The number of benzene rings is 1. The largest absolute Gasteiger partial charge is 0.508 e. The molecule has 6 nitrogen and oxygen atoms in total. The molecular weight excluding hydrogens is 314 g/mol. The monoisotopic (exact) mass is 339 g/mol. The summed E-state index contributed by atoms with van der Waals surface area (Å²) in [4.78, 5) is 14.1. The second kappa shape index (κ2) is 6.78. The molecular formula is C19H25N5O. The van der Waals surface area contributed by atoms with Crippen molar-refractivity contribution in [1.29, 1.82) is 0 Å². The molecule has 0 unspecified atom stereocenters. The van der Waals surface area contributed by atoms with Gasteiger partial charge in [-0.1, -0.05) is 18.9 Å². The Kier molecular flexibility index (Phi) is 4.34. The number of anilines is 4. The Morgan fingerprint density at radius 1 is 1.16 bits per heavy atom. The third-order valence-electron chi connectivity index (χ3n) is 5.19. The lowest BCUT2D eigenvalue weighted by Crippen LogP contribution is -2.34. The lowest BCUT2D eigenvalue weighted by Gasteiger charge is -2.30. The number of aromatic nitrogens is 2. The maximum absolute atomic E-state index is 9.64. The van der Waals surface area contributed by atoms with Gasteiger partial charge in [-0.2, -0.15) is 4.98 Å². The molecule has 1 saturated carbocycles. The van der Waals surface area contributed by atoms with Gasteiger partial charge in [0.1, 0.15) is 5.75 Å². The quantitative estimate of drug-likeness (QED) is 0.892. The summed E-state index contributed by atoms with van der Waals surface area (Å²) in [6.45, 7) is 2.07. The first-order chi connectivity index (χ1) is 12.2. The Labute approximate surface area is 148 Å². The van der Waals surface area contributed by atoms with Gasteiger partial charge in [-0.25, -0.2) is 4.98 Å². The summed E-state index contributed by atoms with van der Waals surface area (Å²) in [7, 11) is 2.11. The number of hydrogen-bond donors (Lipinski definition) is 2. The first-order valence-corrected chi connectivity index (χ1v) is 9.11. The van der Waals surface area contributed by atoms with Gasteiger partial charge in [-0.3, -0.25) is 0 Å². The normalized spacial score (nSPS) is 18.1. The summed E-state index contributed by atoms with van der Waals surface area (Å²) >= 11 is 0. The van der Waals surface area contributed by atoms with E-state index in [1.54, 1.807) is 18.2 Å². The molecule has 1 fully saturated rings. The lowest BCUT2D eigenvalue weighted by molar-refractivity contribution is 0.475. The van der Waals surface area contributed by atoms with E-state index < -0.39 is 0 Å². The van der Waals surface area contributed by atoms with E-state index in [1.165, 1.54) is 25.7 Å². The van der Waals surface area contributed by atoms with Crippen LogP contribution in [0, 0.1) is 0 Å². The van der Waals surface area contributed by atoms with Crippen molar-refractivity contribution in [3.63, 3.8) is 0 Å². The Bertz CT molecular complexity index is 744. The standard InChI is InChI=1S/C19H25N5O/c1-23-10-5-11-24(15-7-2-3-8-15)18-17(23)13-20-19(22-18)21-14-6-4-9-16(25)12-14/h4,6,9,12-13,15,25H,2-3,5,7-8,10-11H2,1H3,(H,20,21,22). The topological polar surface area (TPSA) is 64.5 Å². The number of aromatic hydroxyl groups is 1. The minimum absolute atomic E-state index is 0.229. The van der Waals surface area contributed by atoms with Crippen LogP contribution in [0.25, 0.3) is 0 Å². The highest BCUT2D eigenvalue weighted by Crippen LogP contribution is 2.35. The Hall–Kier alpha value is -2.50. The molecule has 2 aromatic rings. The van der Waals surface area contributed by atoms with Crippen molar-refractivity contribution in [3.05, 3.63) is 30.5 Å². The van der Waals surface area contributed by atoms with E-state index in [2.05, 4.69) is 27.1 Å². The smallest absolute Gasteiger partial charge is 0.229 e. The molecule has 6 heteroatoms. The fourth-order valence-electron chi connectivity index (χ4n) is 3.90. The first-order valence-electron chi connectivity index (χ1n) is 9.11. The molecule has 0 saturated heterocycles. The van der Waals surface area contributed by atoms with Crippen LogP contribution in [0.2, 0.25) is 0 Å². The van der Waals surface area contributed by atoms with Gasteiger partial charge in [0.15, 0.2) is 5.82 Å². The predicted octanol–water partition coefficient (Wildman–Crippen LogP) is 3.51. The fourth-order valence-corrected chi connectivity index (χ4v) is 3.90. The highest BCUT2D eigenvalue weighted by molar-refractivity contribution is 5.70. The van der Waals surface area contributed by atoms with E-state index in [-0.39, 0.29) is 5.75 Å². The van der Waals surface area contributed by atoms with E-state index in [0.29, 0.717) is 12.0 Å². The second-order valence-corrected chi connectivity index (χ2v) is 6.98. The average molecular weight is 339 g/mol. The molecule has 2 N–H and O–H groups in total. The van der Waals surface area contributed by atoms with Gasteiger partial charge in [0.05, 0.1) is 11.9 Å². The summed E-state index contributed by atoms with van der Waals surface area (Å²) in [5.74, 6) is 1.83. The molecule has 25 heavy (non-hydrogen) atoms. The van der Waals surface area contributed by atoms with Gasteiger partial charge < -0.3 is 20.2 Å². The van der Waals surface area contributed by atoms with Crippen LogP contribution in [0.15, 0.2) is 30.5 Å². The van der Waals surface area contributed by atoms with E-state index in [0.717, 1.165) is 36.7 Å². The maximum atomic E-state index is 9.64. The number of phenolic OH excluding ortho intramolecular Hbond substituents is 1. The molecule has 2 heterocycles. The van der Waals surface area contributed by atoms with E-state index in [9.17, 15) is 5.11 Å². The highest BCUT2D eigenvalue weighted by atomic mass is 16.3.